The van der Waals surface area contributed by atoms with Crippen molar-refractivity contribution in [2.45, 2.75) is 26.2 Å². The van der Waals surface area contributed by atoms with E-state index in [0.29, 0.717) is 11.0 Å². The molecule has 3 rings (SSSR count). The van der Waals surface area contributed by atoms with Gasteiger partial charge in [-0.15, -0.1) is 11.3 Å². The Morgan fingerprint density at radius 1 is 1.53 bits per heavy atom. The monoisotopic (exact) mass is 279 g/mol. The molecule has 1 unspecified atom stereocenters. The molecule has 0 fully saturated rings. The number of aromatic nitrogens is 3. The molecule has 0 saturated carbocycles. The van der Waals surface area contributed by atoms with Gasteiger partial charge in [0.15, 0.2) is 5.13 Å². The first-order chi connectivity index (χ1) is 9.13. The Balaban J connectivity index is 1.78. The summed E-state index contributed by atoms with van der Waals surface area (Å²) in [5, 5.41) is 10.1. The summed E-state index contributed by atoms with van der Waals surface area (Å²) in [5.74, 6) is 0.206. The molecule has 19 heavy (non-hydrogen) atoms. The Labute approximate surface area is 113 Å². The summed E-state index contributed by atoms with van der Waals surface area (Å²) >= 11 is 1.51. The zero-order valence-corrected chi connectivity index (χ0v) is 11.2. The molecule has 0 spiro atoms. The number of nitrogens with zero attached hydrogens (tertiary/aromatic N) is 3. The normalized spacial score (nSPS) is 18.1. The Kier molecular flexibility index (Phi) is 2.94. The lowest BCUT2D eigenvalue weighted by molar-refractivity contribution is 0.101. The predicted octanol–water partition coefficient (Wildman–Crippen LogP) is 1.49. The van der Waals surface area contributed by atoms with Crippen molar-refractivity contribution in [3.05, 3.63) is 16.3 Å². The van der Waals surface area contributed by atoms with Crippen LogP contribution in [-0.2, 0) is 12.8 Å². The fraction of sp³-hybridized carbons (Fsp3) is 0.455. The van der Waals surface area contributed by atoms with Crippen LogP contribution in [0.5, 0.6) is 0 Å². The average Bonchev–Trinajstić information content (AvgIpc) is 2.94. The maximum absolute atomic E-state index is 11.9. The van der Waals surface area contributed by atoms with E-state index in [4.69, 9.17) is 5.73 Å². The molecule has 0 saturated heterocycles. The van der Waals surface area contributed by atoms with Crippen LogP contribution in [0.25, 0.3) is 0 Å². The molecule has 2 heterocycles. The van der Waals surface area contributed by atoms with Crippen LogP contribution in [0.2, 0.25) is 0 Å². The van der Waals surface area contributed by atoms with Gasteiger partial charge in [0, 0.05) is 4.88 Å². The highest BCUT2D eigenvalue weighted by atomic mass is 32.1. The second-order valence-corrected chi connectivity index (χ2v) is 5.77. The van der Waals surface area contributed by atoms with E-state index < -0.39 is 5.91 Å². The van der Waals surface area contributed by atoms with E-state index in [1.807, 2.05) is 0 Å². The molecule has 0 radical (unpaired) electrons. The molecule has 1 amide bonds. The molecule has 7 nitrogen and oxygen atoms in total. The zero-order valence-electron chi connectivity index (χ0n) is 10.3. The molecule has 1 aliphatic carbocycles. The van der Waals surface area contributed by atoms with Gasteiger partial charge in [0.25, 0.3) is 5.91 Å². The third kappa shape index (κ3) is 2.30. The minimum Gasteiger partial charge on any atom is -0.379 e. The molecule has 3 N–H and O–H groups in total. The molecule has 2 aromatic rings. The van der Waals surface area contributed by atoms with Crippen molar-refractivity contribution in [1.29, 1.82) is 0 Å². The van der Waals surface area contributed by atoms with Gasteiger partial charge in [-0.3, -0.25) is 10.1 Å². The molecule has 100 valence electrons. The summed E-state index contributed by atoms with van der Waals surface area (Å²) in [7, 11) is 0. The van der Waals surface area contributed by atoms with Crippen molar-refractivity contribution in [2.24, 2.45) is 5.92 Å². The van der Waals surface area contributed by atoms with Gasteiger partial charge in [-0.25, -0.2) is 9.61 Å². The summed E-state index contributed by atoms with van der Waals surface area (Å²) in [6.07, 6.45) is 3.14. The van der Waals surface area contributed by atoms with E-state index >= 15 is 0 Å². The summed E-state index contributed by atoms with van der Waals surface area (Å²) < 4.78 is 4.40. The number of hydrogen-bond acceptors (Lipinski definition) is 7. The van der Waals surface area contributed by atoms with Crippen LogP contribution in [0.4, 0.5) is 10.9 Å². The van der Waals surface area contributed by atoms with Crippen LogP contribution in [-0.4, -0.2) is 21.2 Å². The number of nitrogens with one attached hydrogen (secondary N) is 1. The summed E-state index contributed by atoms with van der Waals surface area (Å²) in [6, 6.07) is 0. The van der Waals surface area contributed by atoms with Crippen molar-refractivity contribution in [2.75, 3.05) is 11.1 Å². The second kappa shape index (κ2) is 4.61. The Morgan fingerprint density at radius 3 is 3.11 bits per heavy atom. The number of rotatable bonds is 2. The minimum atomic E-state index is -0.446. The van der Waals surface area contributed by atoms with Gasteiger partial charge in [0.1, 0.15) is 0 Å². The number of amides is 1. The van der Waals surface area contributed by atoms with Crippen LogP contribution in [0, 0.1) is 5.92 Å². The lowest BCUT2D eigenvalue weighted by atomic mass is 9.93. The van der Waals surface area contributed by atoms with E-state index in [2.05, 4.69) is 32.2 Å². The van der Waals surface area contributed by atoms with E-state index in [0.717, 1.165) is 25.0 Å². The number of thiazole rings is 1. The molecule has 0 bridgehead atoms. The van der Waals surface area contributed by atoms with Gasteiger partial charge in [0.2, 0.25) is 11.5 Å². The zero-order chi connectivity index (χ0) is 13.4. The van der Waals surface area contributed by atoms with Gasteiger partial charge >= 0.3 is 0 Å². The lowest BCUT2D eigenvalue weighted by Gasteiger charge is -2.15. The number of carbonyl (C=O) groups excluding carboxylic acids is 1. The van der Waals surface area contributed by atoms with Crippen LogP contribution in [0.3, 0.4) is 0 Å². The number of nitrogens with two attached hydrogens (primary N) is 1. The number of fused-ring (bicyclic) bond motifs is 1. The van der Waals surface area contributed by atoms with Gasteiger partial charge < -0.3 is 5.73 Å². The van der Waals surface area contributed by atoms with E-state index in [9.17, 15) is 4.79 Å². The van der Waals surface area contributed by atoms with Gasteiger partial charge in [-0.1, -0.05) is 6.92 Å². The molecule has 1 aliphatic rings. The fourth-order valence-electron chi connectivity index (χ4n) is 2.10. The summed E-state index contributed by atoms with van der Waals surface area (Å²) in [6.45, 7) is 2.22. The molecular weight excluding hydrogens is 266 g/mol. The molecule has 1 atom stereocenters. The number of carbonyl (C=O) groups is 1. The minimum absolute atomic E-state index is 0.0125. The van der Waals surface area contributed by atoms with E-state index in [1.165, 1.54) is 16.2 Å². The SMILES string of the molecule is CC1CCc2nc(NC(=O)c3nonc3N)sc2C1. The Bertz CT molecular complexity index is 620. The average molecular weight is 279 g/mol. The van der Waals surface area contributed by atoms with Gasteiger partial charge in [0.05, 0.1) is 5.69 Å². The standard InChI is InChI=1S/C11H13N5O2S/c1-5-2-3-6-7(4-5)19-11(13-6)14-10(17)8-9(12)16-18-15-8/h5H,2-4H2,1H3,(H2,12,16)(H,13,14,17). The Morgan fingerprint density at radius 2 is 2.37 bits per heavy atom. The number of hydrogen-bond donors (Lipinski definition) is 2. The second-order valence-electron chi connectivity index (χ2n) is 4.69. The van der Waals surface area contributed by atoms with Gasteiger partial charge in [-0.2, -0.15) is 0 Å². The highest BCUT2D eigenvalue weighted by molar-refractivity contribution is 7.15. The highest BCUT2D eigenvalue weighted by Crippen LogP contribution is 2.32. The van der Waals surface area contributed by atoms with Crippen molar-refractivity contribution in [3.63, 3.8) is 0 Å². The van der Waals surface area contributed by atoms with Crippen molar-refractivity contribution < 1.29 is 9.42 Å². The molecule has 0 aliphatic heterocycles. The highest BCUT2D eigenvalue weighted by Gasteiger charge is 2.22. The quantitative estimate of drug-likeness (QED) is 0.862. The van der Waals surface area contributed by atoms with E-state index in [1.54, 1.807) is 0 Å². The summed E-state index contributed by atoms with van der Waals surface area (Å²) in [4.78, 5) is 17.6. The number of anilines is 2. The molecular formula is C11H13N5O2S. The first kappa shape index (κ1) is 12.1. The van der Waals surface area contributed by atoms with Crippen LogP contribution in [0.15, 0.2) is 4.63 Å². The smallest absolute Gasteiger partial charge is 0.283 e. The third-order valence-corrected chi connectivity index (χ3v) is 4.17. The number of aryl methyl sites for hydroxylation is 1. The van der Waals surface area contributed by atoms with Crippen molar-refractivity contribution in [1.82, 2.24) is 15.3 Å². The predicted molar refractivity (Wildman–Crippen MR) is 70.0 cm³/mol. The molecule has 8 heteroatoms. The van der Waals surface area contributed by atoms with Crippen molar-refractivity contribution >= 4 is 28.2 Å². The largest absolute Gasteiger partial charge is 0.379 e. The van der Waals surface area contributed by atoms with E-state index in [-0.39, 0.29) is 11.5 Å². The fourth-order valence-corrected chi connectivity index (χ4v) is 3.27. The first-order valence-electron chi connectivity index (χ1n) is 6.01. The van der Waals surface area contributed by atoms with Crippen LogP contribution >= 0.6 is 11.3 Å². The van der Waals surface area contributed by atoms with Crippen LogP contribution in [0.1, 0.15) is 34.4 Å². The topological polar surface area (TPSA) is 107 Å². The Hall–Kier alpha value is -1.96. The lowest BCUT2D eigenvalue weighted by Crippen LogP contribution is -2.14. The van der Waals surface area contributed by atoms with Crippen LogP contribution < -0.4 is 11.1 Å². The molecule has 2 aromatic heterocycles. The number of nitrogen functional groups attached to an aromatic ring is 1. The first-order valence-corrected chi connectivity index (χ1v) is 6.83. The third-order valence-electron chi connectivity index (χ3n) is 3.14. The molecule has 0 aromatic carbocycles. The van der Waals surface area contributed by atoms with Crippen molar-refractivity contribution in [3.8, 4) is 0 Å². The maximum Gasteiger partial charge on any atom is 0.283 e. The summed E-state index contributed by atoms with van der Waals surface area (Å²) in [5.41, 5.74) is 6.54. The van der Waals surface area contributed by atoms with Gasteiger partial charge in [-0.05, 0) is 35.5 Å². The maximum atomic E-state index is 11.9.